The van der Waals surface area contributed by atoms with Gasteiger partial charge in [0.1, 0.15) is 12.8 Å². The van der Waals surface area contributed by atoms with Crippen LogP contribution in [-0.4, -0.2) is 44.7 Å². The number of aryl methyl sites for hydroxylation is 1. The maximum absolute atomic E-state index is 13.5. The van der Waals surface area contributed by atoms with Gasteiger partial charge in [-0.1, -0.05) is 30.5 Å². The number of rotatable bonds is 6. The first-order valence-electron chi connectivity index (χ1n) is 13.5. The summed E-state index contributed by atoms with van der Waals surface area (Å²) in [5.74, 6) is 7.07. The Bertz CT molecular complexity index is 1240. The number of carbonyl (C=O) groups excluding carboxylic acids is 2. The minimum atomic E-state index is -0.420. The molecule has 0 spiro atoms. The predicted octanol–water partition coefficient (Wildman–Crippen LogP) is 6.79. The second kappa shape index (κ2) is 12.2. The number of hydrogen-bond acceptors (Lipinski definition) is 8. The summed E-state index contributed by atoms with van der Waals surface area (Å²) in [5.41, 5.74) is 0.305. The van der Waals surface area contributed by atoms with Crippen LogP contribution in [0.3, 0.4) is 0 Å². The van der Waals surface area contributed by atoms with Gasteiger partial charge in [0.2, 0.25) is 11.6 Å². The number of aromatic nitrogens is 2. The standard InChI is InChI=1S/C29H38N3O4S2/c1-18-10-12-20(13-11-18)26(33)32(6)24-17-23(14-15-29(3,4)5)37-25(24)27(34)36-21-8-7-9-22(16-21)38-28-31-30-19(2)35-28/h17-18,20-22H,6-13,16H2,1-5H3/q+1. The molecule has 0 aromatic carbocycles. The second-order valence-corrected chi connectivity index (χ2v) is 13.9. The van der Waals surface area contributed by atoms with Crippen molar-refractivity contribution in [2.24, 2.45) is 17.3 Å². The summed E-state index contributed by atoms with van der Waals surface area (Å²) < 4.78 is 12.9. The number of nitrogens with zero attached hydrogens (tertiary/aromatic N) is 3. The van der Waals surface area contributed by atoms with Crippen LogP contribution in [0.25, 0.3) is 0 Å². The molecule has 2 unspecified atom stereocenters. The molecule has 2 atom stereocenters. The van der Waals surface area contributed by atoms with Gasteiger partial charge in [0.15, 0.2) is 4.88 Å². The van der Waals surface area contributed by atoms with Crippen molar-refractivity contribution >= 4 is 47.4 Å². The van der Waals surface area contributed by atoms with Crippen molar-refractivity contribution in [1.29, 1.82) is 0 Å². The first-order chi connectivity index (χ1) is 18.0. The average Bonchev–Trinajstić information content (AvgIpc) is 3.48. The molecule has 2 aliphatic rings. The minimum absolute atomic E-state index is 0.0388. The van der Waals surface area contributed by atoms with E-state index in [9.17, 15) is 9.59 Å². The van der Waals surface area contributed by atoms with E-state index in [2.05, 4.69) is 35.7 Å². The van der Waals surface area contributed by atoms with E-state index in [4.69, 9.17) is 9.15 Å². The van der Waals surface area contributed by atoms with Gasteiger partial charge in [-0.2, -0.15) is 0 Å². The zero-order valence-electron chi connectivity index (χ0n) is 23.0. The van der Waals surface area contributed by atoms with Crippen LogP contribution in [0.5, 0.6) is 0 Å². The van der Waals surface area contributed by atoms with E-state index in [1.165, 1.54) is 15.9 Å². The van der Waals surface area contributed by atoms with Gasteiger partial charge in [-0.05, 0) is 78.1 Å². The Hall–Kier alpha value is -2.44. The van der Waals surface area contributed by atoms with Gasteiger partial charge < -0.3 is 9.15 Å². The van der Waals surface area contributed by atoms with E-state index in [1.807, 2.05) is 26.8 Å². The molecule has 7 nitrogen and oxygen atoms in total. The van der Waals surface area contributed by atoms with Crippen molar-refractivity contribution in [3.05, 3.63) is 21.7 Å². The number of hydrogen-bond donors (Lipinski definition) is 0. The number of esters is 1. The highest BCUT2D eigenvalue weighted by Crippen LogP contribution is 2.37. The third-order valence-corrected chi connectivity index (χ3v) is 9.16. The van der Waals surface area contributed by atoms with Crippen LogP contribution in [0.4, 0.5) is 5.69 Å². The van der Waals surface area contributed by atoms with E-state index in [0.29, 0.717) is 34.0 Å². The summed E-state index contributed by atoms with van der Waals surface area (Å²) >= 11 is 2.82. The smallest absolute Gasteiger partial charge is 0.395 e. The first-order valence-corrected chi connectivity index (χ1v) is 15.2. The molecule has 2 fully saturated rings. The topological polar surface area (TPSA) is 85.3 Å². The lowest BCUT2D eigenvalue weighted by Crippen LogP contribution is -2.29. The first kappa shape index (κ1) is 28.6. The molecular formula is C29H38N3O4S2+. The van der Waals surface area contributed by atoms with Crippen LogP contribution in [0.15, 0.2) is 15.7 Å². The van der Waals surface area contributed by atoms with E-state index in [0.717, 1.165) is 49.8 Å². The second-order valence-electron chi connectivity index (χ2n) is 11.6. The summed E-state index contributed by atoms with van der Waals surface area (Å²) in [5, 5.41) is 8.76. The molecule has 2 heterocycles. The van der Waals surface area contributed by atoms with Gasteiger partial charge in [0.05, 0.1) is 10.8 Å². The highest BCUT2D eigenvalue weighted by atomic mass is 32.2. The maximum atomic E-state index is 13.5. The van der Waals surface area contributed by atoms with E-state index >= 15 is 0 Å². The fourth-order valence-corrected chi connectivity index (χ4v) is 6.91. The molecule has 0 aliphatic heterocycles. The molecule has 4 rings (SSSR count). The molecule has 1 amide bonds. The Morgan fingerprint density at radius 1 is 1.18 bits per heavy atom. The van der Waals surface area contributed by atoms with Crippen LogP contribution in [0.2, 0.25) is 0 Å². The summed E-state index contributed by atoms with van der Waals surface area (Å²) in [6.07, 6.45) is 7.02. The summed E-state index contributed by atoms with van der Waals surface area (Å²) in [6.45, 7) is 14.2. The molecule has 2 aromatic heterocycles. The van der Waals surface area contributed by atoms with Crippen molar-refractivity contribution in [2.75, 3.05) is 0 Å². The molecule has 0 radical (unpaired) electrons. The minimum Gasteiger partial charge on any atom is -0.458 e. The molecule has 2 saturated carbocycles. The van der Waals surface area contributed by atoms with Crippen LogP contribution in [-0.2, 0) is 9.53 Å². The highest BCUT2D eigenvalue weighted by molar-refractivity contribution is 7.99. The Kier molecular flexibility index (Phi) is 9.15. The van der Waals surface area contributed by atoms with E-state index in [1.54, 1.807) is 18.7 Å². The van der Waals surface area contributed by atoms with Gasteiger partial charge >= 0.3 is 11.9 Å². The Morgan fingerprint density at radius 3 is 2.58 bits per heavy atom. The van der Waals surface area contributed by atoms with Gasteiger partial charge in [0, 0.05) is 23.7 Å². The fourth-order valence-electron chi connectivity index (χ4n) is 4.87. The zero-order chi connectivity index (χ0) is 27.4. The maximum Gasteiger partial charge on any atom is 0.395 e. The number of ether oxygens (including phenoxy) is 1. The van der Waals surface area contributed by atoms with Crippen LogP contribution < -0.4 is 0 Å². The summed E-state index contributed by atoms with van der Waals surface area (Å²) in [7, 11) is 0. The number of amides is 1. The summed E-state index contributed by atoms with van der Waals surface area (Å²) in [6, 6.07) is 1.81. The zero-order valence-corrected chi connectivity index (χ0v) is 24.7. The van der Waals surface area contributed by atoms with Crippen molar-refractivity contribution in [3.8, 4) is 11.8 Å². The van der Waals surface area contributed by atoms with Crippen LogP contribution in [0, 0.1) is 36.0 Å². The van der Waals surface area contributed by atoms with Crippen molar-refractivity contribution in [1.82, 2.24) is 10.2 Å². The Morgan fingerprint density at radius 2 is 1.92 bits per heavy atom. The number of carbonyl (C=O) groups is 2. The third kappa shape index (κ3) is 7.57. The molecule has 9 heteroatoms. The Labute approximate surface area is 233 Å². The SMILES string of the molecule is C=[N+](C(=O)C1CCC(C)CC1)c1cc(C#CC(C)(C)C)sc1C(=O)OC1CCCC(Sc2nnc(C)o2)C1. The lowest BCUT2D eigenvalue weighted by molar-refractivity contribution is -0.365. The third-order valence-electron chi connectivity index (χ3n) is 7.01. The average molecular weight is 557 g/mol. The van der Waals surface area contributed by atoms with Crippen LogP contribution >= 0.6 is 23.1 Å². The lowest BCUT2D eigenvalue weighted by atomic mass is 9.82. The monoisotopic (exact) mass is 556 g/mol. The van der Waals surface area contributed by atoms with E-state index in [-0.39, 0.29) is 28.6 Å². The van der Waals surface area contributed by atoms with Gasteiger partial charge in [0.25, 0.3) is 5.22 Å². The number of thioether (sulfide) groups is 1. The van der Waals surface area contributed by atoms with Crippen molar-refractivity contribution in [3.63, 3.8) is 0 Å². The lowest BCUT2D eigenvalue weighted by Gasteiger charge is -2.27. The predicted molar refractivity (Wildman–Crippen MR) is 150 cm³/mol. The summed E-state index contributed by atoms with van der Waals surface area (Å²) in [4.78, 5) is 28.0. The van der Waals surface area contributed by atoms with Crippen molar-refractivity contribution < 1.29 is 23.3 Å². The Balaban J connectivity index is 1.51. The molecule has 38 heavy (non-hydrogen) atoms. The van der Waals surface area contributed by atoms with Gasteiger partial charge in [-0.25, -0.2) is 9.59 Å². The molecule has 0 N–H and O–H groups in total. The van der Waals surface area contributed by atoms with Gasteiger partial charge in [-0.3, -0.25) is 0 Å². The molecule has 0 saturated heterocycles. The molecular weight excluding hydrogens is 518 g/mol. The fraction of sp³-hybridized carbons (Fsp3) is 0.621. The number of thiophene rings is 1. The largest absolute Gasteiger partial charge is 0.458 e. The van der Waals surface area contributed by atoms with Gasteiger partial charge in [-0.15, -0.1) is 26.1 Å². The molecule has 0 bridgehead atoms. The normalized spacial score (nSPS) is 23.8. The van der Waals surface area contributed by atoms with Crippen molar-refractivity contribution in [2.45, 2.75) is 103 Å². The van der Waals surface area contributed by atoms with E-state index < -0.39 is 5.97 Å². The quantitative estimate of drug-likeness (QED) is 0.167. The highest BCUT2D eigenvalue weighted by Gasteiger charge is 2.37. The molecule has 2 aliphatic carbocycles. The molecule has 2 aromatic rings. The van der Waals surface area contributed by atoms with Crippen LogP contribution in [0.1, 0.15) is 99.5 Å². The molecule has 204 valence electrons.